The normalized spacial score (nSPS) is 37.8. The highest BCUT2D eigenvalue weighted by molar-refractivity contribution is 7.81. The molecule has 6 nitrogen and oxygen atoms in total. The third kappa shape index (κ3) is 4.34. The van der Waals surface area contributed by atoms with E-state index in [-0.39, 0.29) is 4.75 Å². The molecule has 1 aliphatic heterocycles. The van der Waals surface area contributed by atoms with E-state index in [4.69, 9.17) is 14.6 Å². The number of thiol groups is 1. The fraction of sp³-hybridized carbons (Fsp3) is 1.00. The van der Waals surface area contributed by atoms with Gasteiger partial charge < -0.3 is 29.9 Å². The number of hydrogen-bond acceptors (Lipinski definition) is 7. The summed E-state index contributed by atoms with van der Waals surface area (Å²) in [5.41, 5.74) is 0. The van der Waals surface area contributed by atoms with Crippen molar-refractivity contribution in [3.63, 3.8) is 0 Å². The SMILES string of the molecule is CC(C)(S)CCO[C@H]1O[C@H](CO)[C@@H](O)[C@H](O)[C@H]1O. The van der Waals surface area contributed by atoms with E-state index in [1.807, 2.05) is 13.8 Å². The molecule has 4 N–H and O–H groups in total. The molecule has 0 amide bonds. The maximum Gasteiger partial charge on any atom is 0.186 e. The molecule has 1 heterocycles. The summed E-state index contributed by atoms with van der Waals surface area (Å²) in [6.45, 7) is 3.68. The van der Waals surface area contributed by atoms with Crippen molar-refractivity contribution in [2.24, 2.45) is 0 Å². The minimum atomic E-state index is -1.40. The van der Waals surface area contributed by atoms with Crippen LogP contribution < -0.4 is 0 Å². The molecule has 0 bridgehead atoms. The first-order valence-electron chi connectivity index (χ1n) is 5.91. The fourth-order valence-corrected chi connectivity index (χ4v) is 1.72. The van der Waals surface area contributed by atoms with Gasteiger partial charge >= 0.3 is 0 Å². The number of rotatable bonds is 5. The van der Waals surface area contributed by atoms with Crippen LogP contribution in [0.15, 0.2) is 0 Å². The molecular weight excluding hydrogens is 260 g/mol. The smallest absolute Gasteiger partial charge is 0.186 e. The minimum Gasteiger partial charge on any atom is -0.394 e. The molecule has 5 atom stereocenters. The summed E-state index contributed by atoms with van der Waals surface area (Å²) in [5.74, 6) is 0. The van der Waals surface area contributed by atoms with Gasteiger partial charge in [0.05, 0.1) is 13.2 Å². The van der Waals surface area contributed by atoms with Gasteiger partial charge in [-0.05, 0) is 6.42 Å². The number of hydrogen-bond donors (Lipinski definition) is 5. The van der Waals surface area contributed by atoms with E-state index in [0.717, 1.165) is 0 Å². The number of ether oxygens (including phenoxy) is 2. The van der Waals surface area contributed by atoms with Crippen LogP contribution in [-0.4, -0.2) is 69.1 Å². The van der Waals surface area contributed by atoms with E-state index in [9.17, 15) is 15.3 Å². The maximum absolute atomic E-state index is 9.69. The molecule has 0 aromatic rings. The Balaban J connectivity index is 2.49. The van der Waals surface area contributed by atoms with Gasteiger partial charge in [0, 0.05) is 4.75 Å². The summed E-state index contributed by atoms with van der Waals surface area (Å²) in [6.07, 6.45) is -5.46. The van der Waals surface area contributed by atoms with E-state index >= 15 is 0 Å². The standard InChI is InChI=1S/C11H22O6S/c1-11(2,18)3-4-16-10-9(15)8(14)7(13)6(5-12)17-10/h6-10,12-15,18H,3-5H2,1-2H3/t6-,7-,8+,9-,10+/m1/s1. The van der Waals surface area contributed by atoms with Crippen LogP contribution in [0.2, 0.25) is 0 Å². The molecule has 1 aliphatic rings. The number of aliphatic hydroxyl groups excluding tert-OH is 4. The van der Waals surface area contributed by atoms with Crippen LogP contribution in [-0.2, 0) is 9.47 Å². The Labute approximate surface area is 112 Å². The highest BCUT2D eigenvalue weighted by Crippen LogP contribution is 2.23. The largest absolute Gasteiger partial charge is 0.394 e. The van der Waals surface area contributed by atoms with Crippen LogP contribution in [0.25, 0.3) is 0 Å². The number of aliphatic hydroxyl groups is 4. The third-order valence-corrected chi connectivity index (χ3v) is 3.07. The molecule has 0 aromatic heterocycles. The van der Waals surface area contributed by atoms with Gasteiger partial charge in [-0.25, -0.2) is 0 Å². The molecule has 0 aliphatic carbocycles. The van der Waals surface area contributed by atoms with Gasteiger partial charge in [0.25, 0.3) is 0 Å². The van der Waals surface area contributed by atoms with Gasteiger partial charge in [-0.1, -0.05) is 13.8 Å². The van der Waals surface area contributed by atoms with Crippen LogP contribution in [0.1, 0.15) is 20.3 Å². The summed E-state index contributed by atoms with van der Waals surface area (Å²) in [6, 6.07) is 0. The van der Waals surface area contributed by atoms with Crippen molar-refractivity contribution in [1.82, 2.24) is 0 Å². The second-order valence-electron chi connectivity index (χ2n) is 5.13. The topological polar surface area (TPSA) is 99.4 Å². The Morgan fingerprint density at radius 2 is 1.78 bits per heavy atom. The molecule has 0 aromatic carbocycles. The monoisotopic (exact) mass is 282 g/mol. The van der Waals surface area contributed by atoms with Crippen molar-refractivity contribution in [2.75, 3.05) is 13.2 Å². The highest BCUT2D eigenvalue weighted by atomic mass is 32.1. The average molecular weight is 282 g/mol. The zero-order valence-corrected chi connectivity index (χ0v) is 11.5. The molecule has 1 fully saturated rings. The molecule has 0 radical (unpaired) electrons. The summed E-state index contributed by atoms with van der Waals surface area (Å²) in [5, 5.41) is 37.8. The summed E-state index contributed by atoms with van der Waals surface area (Å²) in [7, 11) is 0. The molecule has 0 saturated carbocycles. The Morgan fingerprint density at radius 1 is 1.17 bits per heavy atom. The predicted octanol–water partition coefficient (Wildman–Crippen LogP) is -1.10. The van der Waals surface area contributed by atoms with Crippen molar-refractivity contribution < 1.29 is 29.9 Å². The van der Waals surface area contributed by atoms with Crippen molar-refractivity contribution in [3.05, 3.63) is 0 Å². The summed E-state index contributed by atoms with van der Waals surface area (Å²) < 4.78 is 10.3. The molecule has 18 heavy (non-hydrogen) atoms. The molecule has 0 unspecified atom stereocenters. The lowest BCUT2D eigenvalue weighted by atomic mass is 9.99. The van der Waals surface area contributed by atoms with Gasteiger partial charge in [0.15, 0.2) is 6.29 Å². The predicted molar refractivity (Wildman–Crippen MR) is 67.4 cm³/mol. The van der Waals surface area contributed by atoms with Crippen LogP contribution in [0.4, 0.5) is 0 Å². The molecule has 108 valence electrons. The first-order valence-corrected chi connectivity index (χ1v) is 6.35. The molecule has 7 heteroatoms. The molecule has 1 saturated heterocycles. The Kier molecular flexibility index (Phi) is 5.85. The maximum atomic E-state index is 9.69. The van der Waals surface area contributed by atoms with Gasteiger partial charge in [-0.2, -0.15) is 12.6 Å². The van der Waals surface area contributed by atoms with E-state index in [2.05, 4.69) is 12.6 Å². The van der Waals surface area contributed by atoms with E-state index in [0.29, 0.717) is 13.0 Å². The van der Waals surface area contributed by atoms with Crippen LogP contribution >= 0.6 is 12.6 Å². The molecule has 0 spiro atoms. The Morgan fingerprint density at radius 3 is 2.28 bits per heavy atom. The zero-order valence-electron chi connectivity index (χ0n) is 10.6. The second kappa shape index (κ2) is 6.51. The second-order valence-corrected chi connectivity index (χ2v) is 6.34. The Bertz CT molecular complexity index is 254. The van der Waals surface area contributed by atoms with Crippen LogP contribution in [0.3, 0.4) is 0 Å². The lowest BCUT2D eigenvalue weighted by Gasteiger charge is -2.39. The van der Waals surface area contributed by atoms with Gasteiger partial charge in [-0.3, -0.25) is 0 Å². The highest BCUT2D eigenvalue weighted by Gasteiger charge is 2.43. The zero-order chi connectivity index (χ0) is 13.9. The van der Waals surface area contributed by atoms with Crippen molar-refractivity contribution in [1.29, 1.82) is 0 Å². The minimum absolute atomic E-state index is 0.214. The fourth-order valence-electron chi connectivity index (χ4n) is 1.63. The van der Waals surface area contributed by atoms with E-state index < -0.39 is 37.3 Å². The van der Waals surface area contributed by atoms with Crippen molar-refractivity contribution >= 4 is 12.6 Å². The van der Waals surface area contributed by atoms with Gasteiger partial charge in [-0.15, -0.1) is 0 Å². The summed E-state index contributed by atoms with van der Waals surface area (Å²) in [4.78, 5) is 0. The third-order valence-electron chi connectivity index (χ3n) is 2.84. The van der Waals surface area contributed by atoms with Crippen molar-refractivity contribution in [3.8, 4) is 0 Å². The average Bonchev–Trinajstić information content (AvgIpc) is 2.27. The quantitative estimate of drug-likeness (QED) is 0.411. The van der Waals surface area contributed by atoms with Crippen LogP contribution in [0.5, 0.6) is 0 Å². The first-order chi connectivity index (χ1) is 8.26. The lowest BCUT2D eigenvalue weighted by Crippen LogP contribution is -2.59. The molecular formula is C11H22O6S. The lowest BCUT2D eigenvalue weighted by molar-refractivity contribution is -0.301. The van der Waals surface area contributed by atoms with E-state index in [1.54, 1.807) is 0 Å². The first kappa shape index (κ1) is 16.2. The van der Waals surface area contributed by atoms with E-state index in [1.165, 1.54) is 0 Å². The van der Waals surface area contributed by atoms with Gasteiger partial charge in [0.2, 0.25) is 0 Å². The van der Waals surface area contributed by atoms with Crippen LogP contribution in [0, 0.1) is 0 Å². The molecule has 1 rings (SSSR count). The van der Waals surface area contributed by atoms with Gasteiger partial charge in [0.1, 0.15) is 24.4 Å². The summed E-state index contributed by atoms with van der Waals surface area (Å²) >= 11 is 4.33. The Hall–Kier alpha value is 0.110. The van der Waals surface area contributed by atoms with Crippen molar-refractivity contribution in [2.45, 2.75) is 55.7 Å².